The van der Waals surface area contributed by atoms with Gasteiger partial charge in [-0.1, -0.05) is 4.49 Å². The first-order valence-electron chi connectivity index (χ1n) is 8.29. The molecule has 0 unspecified atom stereocenters. The Labute approximate surface area is 156 Å². The molecule has 3 heterocycles. The van der Waals surface area contributed by atoms with Crippen molar-refractivity contribution in [1.82, 2.24) is 24.3 Å². The van der Waals surface area contributed by atoms with E-state index in [2.05, 4.69) is 20.0 Å². The van der Waals surface area contributed by atoms with E-state index in [1.54, 1.807) is 25.8 Å². The molecule has 0 radical (unpaired) electrons. The second-order valence-electron chi connectivity index (χ2n) is 6.87. The summed E-state index contributed by atoms with van der Waals surface area (Å²) in [6.45, 7) is 4.54. The molecule has 0 bridgehead atoms. The number of aryl methyl sites for hydroxylation is 1. The van der Waals surface area contributed by atoms with Gasteiger partial charge in [0.1, 0.15) is 5.00 Å². The normalized spacial score (nSPS) is 16.7. The molecule has 1 fully saturated rings. The molecule has 0 aromatic carbocycles. The number of hydrogen-bond donors (Lipinski definition) is 1. The Bertz CT molecular complexity index is 867. The smallest absolute Gasteiger partial charge is 0.322 e. The number of urea groups is 1. The standard InChI is InChI=1S/C15H22N6O3S2/c1-15(2,26(23,24)13-4-7-17-20(13)3)11-5-8-21(9-6-11)14(22)18-12-10-16-19-25-12/h4,7,10-11H,5-6,8-9H2,1-3H3,(H,18,22). The Kier molecular flexibility index (Phi) is 5.02. The zero-order valence-corrected chi connectivity index (χ0v) is 16.5. The highest BCUT2D eigenvalue weighted by atomic mass is 32.2. The molecule has 2 amide bonds. The van der Waals surface area contributed by atoms with Crippen molar-refractivity contribution < 1.29 is 13.2 Å². The molecule has 0 saturated carbocycles. The number of nitrogens with one attached hydrogen (secondary N) is 1. The quantitative estimate of drug-likeness (QED) is 0.840. The topological polar surface area (TPSA) is 110 Å². The third-order valence-corrected chi connectivity index (χ3v) is 8.35. The Morgan fingerprint density at radius 3 is 2.58 bits per heavy atom. The van der Waals surface area contributed by atoms with Gasteiger partial charge in [-0.05, 0) is 38.7 Å². The van der Waals surface area contributed by atoms with Gasteiger partial charge in [-0.15, -0.1) is 5.10 Å². The van der Waals surface area contributed by atoms with Crippen molar-refractivity contribution in [2.45, 2.75) is 36.5 Å². The van der Waals surface area contributed by atoms with Crippen LogP contribution >= 0.6 is 11.5 Å². The lowest BCUT2D eigenvalue weighted by Gasteiger charge is -2.39. The summed E-state index contributed by atoms with van der Waals surface area (Å²) in [5.41, 5.74) is 0. The first-order chi connectivity index (χ1) is 12.2. The van der Waals surface area contributed by atoms with Gasteiger partial charge in [0.25, 0.3) is 0 Å². The number of aromatic nitrogens is 4. The highest BCUT2D eigenvalue weighted by Gasteiger charge is 2.45. The van der Waals surface area contributed by atoms with Crippen LogP contribution in [-0.4, -0.2) is 56.6 Å². The molecule has 1 N–H and O–H groups in total. The van der Waals surface area contributed by atoms with Crippen molar-refractivity contribution in [3.8, 4) is 0 Å². The number of amides is 2. The first-order valence-corrected chi connectivity index (χ1v) is 10.5. The maximum absolute atomic E-state index is 13.1. The van der Waals surface area contributed by atoms with Gasteiger partial charge < -0.3 is 4.90 Å². The summed E-state index contributed by atoms with van der Waals surface area (Å²) in [6.07, 6.45) is 4.24. The third-order valence-electron chi connectivity index (χ3n) is 5.10. The summed E-state index contributed by atoms with van der Waals surface area (Å²) in [5, 5.41) is 11.2. The van der Waals surface area contributed by atoms with Crippen LogP contribution in [0.25, 0.3) is 0 Å². The Balaban J connectivity index is 1.67. The zero-order valence-electron chi connectivity index (χ0n) is 14.9. The number of likely N-dealkylation sites (tertiary alicyclic amines) is 1. The second-order valence-corrected chi connectivity index (χ2v) is 10.1. The van der Waals surface area contributed by atoms with Gasteiger partial charge in [-0.25, -0.2) is 13.2 Å². The van der Waals surface area contributed by atoms with Gasteiger partial charge in [0.05, 0.1) is 17.1 Å². The highest BCUT2D eigenvalue weighted by Crippen LogP contribution is 2.37. The van der Waals surface area contributed by atoms with Crippen molar-refractivity contribution in [3.63, 3.8) is 0 Å². The van der Waals surface area contributed by atoms with E-state index in [9.17, 15) is 13.2 Å². The Morgan fingerprint density at radius 1 is 1.35 bits per heavy atom. The molecule has 3 rings (SSSR count). The summed E-state index contributed by atoms with van der Waals surface area (Å²) in [5.74, 6) is -0.0449. The maximum Gasteiger partial charge on any atom is 0.322 e. The number of sulfone groups is 1. The molecular weight excluding hydrogens is 376 g/mol. The molecule has 0 spiro atoms. The van der Waals surface area contributed by atoms with Gasteiger partial charge in [-0.3, -0.25) is 10.00 Å². The second kappa shape index (κ2) is 6.95. The van der Waals surface area contributed by atoms with Crippen LogP contribution in [0.5, 0.6) is 0 Å². The summed E-state index contributed by atoms with van der Waals surface area (Å²) < 4.78 is 30.4. The van der Waals surface area contributed by atoms with Crippen molar-refractivity contribution in [2.24, 2.45) is 13.0 Å². The molecule has 0 aliphatic carbocycles. The van der Waals surface area contributed by atoms with E-state index in [0.717, 1.165) is 11.5 Å². The molecule has 2 aromatic heterocycles. The van der Waals surface area contributed by atoms with E-state index in [0.29, 0.717) is 30.9 Å². The Morgan fingerprint density at radius 2 is 2.04 bits per heavy atom. The van der Waals surface area contributed by atoms with Gasteiger partial charge in [0, 0.05) is 31.7 Å². The summed E-state index contributed by atoms with van der Waals surface area (Å²) in [4.78, 5) is 14.0. The van der Waals surface area contributed by atoms with Crippen LogP contribution in [-0.2, 0) is 16.9 Å². The third kappa shape index (κ3) is 3.32. The molecule has 9 nitrogen and oxygen atoms in total. The molecule has 1 saturated heterocycles. The van der Waals surface area contributed by atoms with Gasteiger partial charge in [0.2, 0.25) is 9.84 Å². The predicted molar refractivity (Wildman–Crippen MR) is 97.7 cm³/mol. The van der Waals surface area contributed by atoms with Crippen molar-refractivity contribution >= 4 is 32.4 Å². The van der Waals surface area contributed by atoms with E-state index in [-0.39, 0.29) is 17.0 Å². The van der Waals surface area contributed by atoms with E-state index in [4.69, 9.17) is 0 Å². The fraction of sp³-hybridized carbons (Fsp3) is 0.600. The monoisotopic (exact) mass is 398 g/mol. The lowest BCUT2D eigenvalue weighted by Crippen LogP contribution is -2.48. The van der Waals surface area contributed by atoms with Crippen LogP contribution in [0.3, 0.4) is 0 Å². The average molecular weight is 399 g/mol. The number of piperidine rings is 1. The summed E-state index contributed by atoms with van der Waals surface area (Å²) in [6, 6.07) is 1.32. The van der Waals surface area contributed by atoms with Gasteiger partial charge in [0.15, 0.2) is 5.03 Å². The molecule has 0 atom stereocenters. The molecule has 1 aliphatic rings. The first kappa shape index (κ1) is 18.8. The van der Waals surface area contributed by atoms with Crippen LogP contribution in [0, 0.1) is 5.92 Å². The van der Waals surface area contributed by atoms with E-state index in [1.165, 1.54) is 23.1 Å². The van der Waals surface area contributed by atoms with E-state index < -0.39 is 14.6 Å². The molecule has 142 valence electrons. The number of anilines is 1. The summed E-state index contributed by atoms with van der Waals surface area (Å²) in [7, 11) is -1.91. The highest BCUT2D eigenvalue weighted by molar-refractivity contribution is 7.92. The van der Waals surface area contributed by atoms with Crippen LogP contribution in [0.1, 0.15) is 26.7 Å². The number of carbonyl (C=O) groups is 1. The fourth-order valence-electron chi connectivity index (χ4n) is 3.30. The molecule has 1 aliphatic heterocycles. The van der Waals surface area contributed by atoms with Crippen molar-refractivity contribution in [3.05, 3.63) is 18.5 Å². The van der Waals surface area contributed by atoms with E-state index in [1.807, 2.05) is 0 Å². The number of hydrogen-bond acceptors (Lipinski definition) is 7. The maximum atomic E-state index is 13.1. The van der Waals surface area contributed by atoms with Gasteiger partial charge in [-0.2, -0.15) is 5.10 Å². The molecule has 2 aromatic rings. The van der Waals surface area contributed by atoms with Crippen molar-refractivity contribution in [1.29, 1.82) is 0 Å². The molecule has 26 heavy (non-hydrogen) atoms. The average Bonchev–Trinajstić information content (AvgIpc) is 3.26. The predicted octanol–water partition coefficient (Wildman–Crippen LogP) is 1.77. The number of nitrogens with zero attached hydrogens (tertiary/aromatic N) is 5. The minimum atomic E-state index is -3.54. The van der Waals surface area contributed by atoms with Crippen LogP contribution in [0.2, 0.25) is 0 Å². The largest absolute Gasteiger partial charge is 0.324 e. The minimum Gasteiger partial charge on any atom is -0.324 e. The zero-order chi connectivity index (χ0) is 18.9. The number of rotatable bonds is 4. The lowest BCUT2D eigenvalue weighted by atomic mass is 9.86. The molecule has 11 heteroatoms. The fourth-order valence-corrected chi connectivity index (χ4v) is 5.56. The Hall–Kier alpha value is -2.01. The summed E-state index contributed by atoms with van der Waals surface area (Å²) >= 11 is 1.12. The van der Waals surface area contributed by atoms with Crippen LogP contribution < -0.4 is 5.32 Å². The van der Waals surface area contributed by atoms with Crippen LogP contribution in [0.15, 0.2) is 23.5 Å². The lowest BCUT2D eigenvalue weighted by molar-refractivity contribution is 0.171. The molecular formula is C15H22N6O3S2. The van der Waals surface area contributed by atoms with Gasteiger partial charge >= 0.3 is 6.03 Å². The van der Waals surface area contributed by atoms with Crippen molar-refractivity contribution in [2.75, 3.05) is 18.4 Å². The number of carbonyl (C=O) groups excluding carboxylic acids is 1. The SMILES string of the molecule is Cn1nccc1S(=O)(=O)C(C)(C)C1CCN(C(=O)Nc2cnns2)CC1. The minimum absolute atomic E-state index is 0.0449. The van der Waals surface area contributed by atoms with Crippen LogP contribution in [0.4, 0.5) is 9.80 Å². The van der Waals surface area contributed by atoms with E-state index >= 15 is 0 Å².